The van der Waals surface area contributed by atoms with Crippen LogP contribution < -0.4 is 5.32 Å². The van der Waals surface area contributed by atoms with Crippen LogP contribution in [0.15, 0.2) is 41.6 Å². The van der Waals surface area contributed by atoms with Gasteiger partial charge in [-0.3, -0.25) is 0 Å². The van der Waals surface area contributed by atoms with Crippen molar-refractivity contribution in [2.24, 2.45) is 0 Å². The quantitative estimate of drug-likeness (QED) is 0.845. The molecule has 1 aromatic carbocycles. The molecule has 0 aromatic heterocycles. The van der Waals surface area contributed by atoms with E-state index in [1.165, 1.54) is 5.56 Å². The number of hydrogen-bond acceptors (Lipinski definition) is 4. The minimum Gasteiger partial charge on any atom is -0.463 e. The number of hydrogen-bond donors (Lipinski definition) is 1. The van der Waals surface area contributed by atoms with Gasteiger partial charge in [-0.1, -0.05) is 30.3 Å². The second-order valence-electron chi connectivity index (χ2n) is 5.44. The summed E-state index contributed by atoms with van der Waals surface area (Å²) in [6, 6.07) is 10.4. The summed E-state index contributed by atoms with van der Waals surface area (Å²) in [6.07, 6.45) is 0.849. The highest BCUT2D eigenvalue weighted by molar-refractivity contribution is 5.90. The molecular weight excluding hydrogens is 264 g/mol. The number of likely N-dealkylation sites (N-methyl/N-ethyl adjacent to an activating group) is 1. The van der Waals surface area contributed by atoms with Crippen LogP contribution in [0.1, 0.15) is 31.9 Å². The zero-order valence-electron chi connectivity index (χ0n) is 13.1. The largest absolute Gasteiger partial charge is 0.463 e. The maximum Gasteiger partial charge on any atom is 0.337 e. The third kappa shape index (κ3) is 4.08. The molecule has 1 unspecified atom stereocenters. The lowest BCUT2D eigenvalue weighted by Gasteiger charge is -2.29. The van der Waals surface area contributed by atoms with Crippen LogP contribution in [-0.4, -0.2) is 37.6 Å². The summed E-state index contributed by atoms with van der Waals surface area (Å²) < 4.78 is 5.18. The van der Waals surface area contributed by atoms with Gasteiger partial charge in [-0.05, 0) is 26.5 Å². The number of ether oxygens (including phenoxy) is 1. The molecule has 0 amide bonds. The number of nitrogens with one attached hydrogen (secondary N) is 1. The number of esters is 1. The molecule has 114 valence electrons. The van der Waals surface area contributed by atoms with Crippen LogP contribution in [0.2, 0.25) is 0 Å². The van der Waals surface area contributed by atoms with Gasteiger partial charge in [-0.15, -0.1) is 0 Å². The highest BCUT2D eigenvalue weighted by Crippen LogP contribution is 2.21. The number of rotatable bonds is 5. The van der Waals surface area contributed by atoms with Gasteiger partial charge in [0, 0.05) is 31.2 Å². The normalized spacial score (nSPS) is 17.5. The summed E-state index contributed by atoms with van der Waals surface area (Å²) in [6.45, 7) is 5.96. The van der Waals surface area contributed by atoms with E-state index in [-0.39, 0.29) is 12.0 Å². The summed E-state index contributed by atoms with van der Waals surface area (Å²) >= 11 is 0. The highest BCUT2D eigenvalue weighted by Gasteiger charge is 2.24. The van der Waals surface area contributed by atoms with Crippen molar-refractivity contribution < 1.29 is 9.53 Å². The lowest BCUT2D eigenvalue weighted by Crippen LogP contribution is -2.36. The monoisotopic (exact) mass is 288 g/mol. The number of nitrogens with zero attached hydrogens (tertiary/aromatic N) is 1. The summed E-state index contributed by atoms with van der Waals surface area (Å²) in [4.78, 5) is 14.3. The molecule has 21 heavy (non-hydrogen) atoms. The van der Waals surface area contributed by atoms with Crippen molar-refractivity contribution in [3.63, 3.8) is 0 Å². The van der Waals surface area contributed by atoms with Gasteiger partial charge in [0.1, 0.15) is 0 Å². The third-order valence-electron chi connectivity index (χ3n) is 3.75. The smallest absolute Gasteiger partial charge is 0.337 e. The number of benzene rings is 1. The molecule has 1 aromatic rings. The standard InChI is InChI=1S/C17H24N2O2/c1-4-21-17(20)15-12-19(3)11-10-16(15)18-13(2)14-8-6-5-7-9-14/h5-9,13,18H,4,10-12H2,1-3H3. The molecule has 4 nitrogen and oxygen atoms in total. The fourth-order valence-electron chi connectivity index (χ4n) is 2.55. The highest BCUT2D eigenvalue weighted by atomic mass is 16.5. The molecule has 0 saturated carbocycles. The Morgan fingerprint density at radius 2 is 2.10 bits per heavy atom. The second kappa shape index (κ2) is 7.27. The molecule has 0 aliphatic carbocycles. The van der Waals surface area contributed by atoms with E-state index in [0.717, 1.165) is 24.2 Å². The first-order valence-corrected chi connectivity index (χ1v) is 7.51. The van der Waals surface area contributed by atoms with E-state index in [2.05, 4.69) is 29.3 Å². The van der Waals surface area contributed by atoms with Gasteiger partial charge in [0.25, 0.3) is 0 Å². The topological polar surface area (TPSA) is 41.6 Å². The Morgan fingerprint density at radius 1 is 1.38 bits per heavy atom. The Kier molecular flexibility index (Phi) is 5.39. The summed E-state index contributed by atoms with van der Waals surface area (Å²) in [7, 11) is 2.02. The predicted molar refractivity (Wildman–Crippen MR) is 83.8 cm³/mol. The second-order valence-corrected chi connectivity index (χ2v) is 5.44. The van der Waals surface area contributed by atoms with Crippen LogP contribution >= 0.6 is 0 Å². The van der Waals surface area contributed by atoms with Gasteiger partial charge >= 0.3 is 5.97 Å². The van der Waals surface area contributed by atoms with Crippen molar-refractivity contribution in [3.8, 4) is 0 Å². The van der Waals surface area contributed by atoms with Crippen LogP contribution in [0.25, 0.3) is 0 Å². The van der Waals surface area contributed by atoms with Gasteiger partial charge in [0.2, 0.25) is 0 Å². The Hall–Kier alpha value is -1.81. The van der Waals surface area contributed by atoms with Gasteiger partial charge in [-0.25, -0.2) is 4.79 Å². The maximum absolute atomic E-state index is 12.1. The molecule has 1 heterocycles. The van der Waals surface area contributed by atoms with E-state index in [1.807, 2.05) is 32.2 Å². The van der Waals surface area contributed by atoms with E-state index in [0.29, 0.717) is 13.2 Å². The van der Waals surface area contributed by atoms with Gasteiger partial charge < -0.3 is 15.0 Å². The first kappa shape index (κ1) is 15.6. The van der Waals surface area contributed by atoms with Crippen molar-refractivity contribution in [1.82, 2.24) is 10.2 Å². The molecular formula is C17H24N2O2. The van der Waals surface area contributed by atoms with Crippen molar-refractivity contribution in [2.75, 3.05) is 26.7 Å². The molecule has 4 heteroatoms. The van der Waals surface area contributed by atoms with E-state index in [9.17, 15) is 4.79 Å². The third-order valence-corrected chi connectivity index (χ3v) is 3.75. The molecule has 1 atom stereocenters. The molecule has 0 radical (unpaired) electrons. The fourth-order valence-corrected chi connectivity index (χ4v) is 2.55. The van der Waals surface area contributed by atoms with Crippen molar-refractivity contribution in [2.45, 2.75) is 26.3 Å². The van der Waals surface area contributed by atoms with Crippen LogP contribution in [-0.2, 0) is 9.53 Å². The molecule has 1 aliphatic rings. The molecule has 0 saturated heterocycles. The Balaban J connectivity index is 2.17. The van der Waals surface area contributed by atoms with E-state index in [1.54, 1.807) is 0 Å². The average Bonchev–Trinajstić information content (AvgIpc) is 2.50. The summed E-state index contributed by atoms with van der Waals surface area (Å²) in [5.41, 5.74) is 2.99. The molecule has 1 aliphatic heterocycles. The Bertz CT molecular complexity index is 511. The zero-order chi connectivity index (χ0) is 15.2. The maximum atomic E-state index is 12.1. The average molecular weight is 288 g/mol. The summed E-state index contributed by atoms with van der Waals surface area (Å²) in [5, 5.41) is 3.50. The van der Waals surface area contributed by atoms with E-state index in [4.69, 9.17) is 4.74 Å². The predicted octanol–water partition coefficient (Wildman–Crippen LogP) is 2.49. The Labute approximate surface area is 126 Å². The first-order valence-electron chi connectivity index (χ1n) is 7.51. The minimum atomic E-state index is -0.202. The lowest BCUT2D eigenvalue weighted by atomic mass is 10.0. The SMILES string of the molecule is CCOC(=O)C1=C(NC(C)c2ccccc2)CCN(C)C1. The number of carbonyl (C=O) groups excluding carboxylic acids is 1. The molecule has 2 rings (SSSR count). The van der Waals surface area contributed by atoms with Crippen molar-refractivity contribution in [1.29, 1.82) is 0 Å². The van der Waals surface area contributed by atoms with Gasteiger partial charge in [0.05, 0.1) is 12.2 Å². The number of carbonyl (C=O) groups is 1. The van der Waals surface area contributed by atoms with Gasteiger partial charge in [-0.2, -0.15) is 0 Å². The van der Waals surface area contributed by atoms with Crippen LogP contribution in [0, 0.1) is 0 Å². The molecule has 0 spiro atoms. The molecule has 0 bridgehead atoms. The van der Waals surface area contributed by atoms with E-state index < -0.39 is 0 Å². The molecule has 0 fully saturated rings. The first-order chi connectivity index (χ1) is 10.1. The van der Waals surface area contributed by atoms with Crippen LogP contribution in [0.4, 0.5) is 0 Å². The van der Waals surface area contributed by atoms with Gasteiger partial charge in [0.15, 0.2) is 0 Å². The van der Waals surface area contributed by atoms with Crippen LogP contribution in [0.3, 0.4) is 0 Å². The van der Waals surface area contributed by atoms with Crippen molar-refractivity contribution >= 4 is 5.97 Å². The lowest BCUT2D eigenvalue weighted by molar-refractivity contribution is -0.139. The fraction of sp³-hybridized carbons (Fsp3) is 0.471. The summed E-state index contributed by atoms with van der Waals surface area (Å²) in [5.74, 6) is -0.202. The van der Waals surface area contributed by atoms with Crippen molar-refractivity contribution in [3.05, 3.63) is 47.2 Å². The van der Waals surface area contributed by atoms with E-state index >= 15 is 0 Å². The van der Waals surface area contributed by atoms with Crippen LogP contribution in [0.5, 0.6) is 0 Å². The molecule has 1 N–H and O–H groups in total. The zero-order valence-corrected chi connectivity index (χ0v) is 13.1. The minimum absolute atomic E-state index is 0.175. The Morgan fingerprint density at radius 3 is 2.76 bits per heavy atom.